The minimum atomic E-state index is -0.989. The average molecular weight is 970 g/mol. The summed E-state index contributed by atoms with van der Waals surface area (Å²) in [5.74, 6) is 1.43. The molecule has 6 rings (SSSR count). The van der Waals surface area contributed by atoms with E-state index in [1.807, 2.05) is 21.9 Å². The van der Waals surface area contributed by atoms with Crippen LogP contribution in [0, 0.1) is 0 Å². The summed E-state index contributed by atoms with van der Waals surface area (Å²) in [5, 5.41) is 0. The molecule has 0 atom stereocenters. The van der Waals surface area contributed by atoms with Crippen molar-refractivity contribution in [1.29, 1.82) is 0 Å². The number of methoxy groups -OCH3 is 3. The number of hydrogen-bond donors (Lipinski definition) is 0. The van der Waals surface area contributed by atoms with Crippen LogP contribution in [0.25, 0.3) is 0 Å². The lowest BCUT2D eigenvalue weighted by atomic mass is 9.92. The van der Waals surface area contributed by atoms with Crippen LogP contribution >= 0.6 is 15.9 Å². The Labute approximate surface area is 397 Å². The number of nitrogens with zero attached hydrogens (tertiary/aromatic N) is 4. The molecule has 65 heavy (non-hydrogen) atoms. The highest BCUT2D eigenvalue weighted by Gasteiger charge is 2.44. The molecule has 0 N–H and O–H groups in total. The van der Waals surface area contributed by atoms with Crippen molar-refractivity contribution in [3.05, 3.63) is 39.9 Å². The number of anilines is 2. The summed E-state index contributed by atoms with van der Waals surface area (Å²) in [6, 6.07) is 7.91. The normalized spacial score (nSPS) is 18.3. The Morgan fingerprint density at radius 1 is 0.646 bits per heavy atom. The van der Waals surface area contributed by atoms with Gasteiger partial charge in [0.05, 0.1) is 29.6 Å². The maximum Gasteiger partial charge on any atom is 0.270 e. The highest BCUT2D eigenvalue weighted by atomic mass is 79.9. The average Bonchev–Trinajstić information content (AvgIpc) is 3.26. The summed E-state index contributed by atoms with van der Waals surface area (Å²) in [6.07, 6.45) is 14.6. The molecule has 2 aromatic carbocycles. The van der Waals surface area contributed by atoms with Gasteiger partial charge in [0.1, 0.15) is 17.2 Å². The van der Waals surface area contributed by atoms with Gasteiger partial charge in [-0.25, -0.2) is 0 Å². The van der Waals surface area contributed by atoms with Crippen molar-refractivity contribution < 1.29 is 42.9 Å². The van der Waals surface area contributed by atoms with Crippen LogP contribution in [0.5, 0.6) is 17.2 Å². The van der Waals surface area contributed by atoms with Gasteiger partial charge in [-0.2, -0.15) is 0 Å². The van der Waals surface area contributed by atoms with Crippen molar-refractivity contribution in [2.24, 2.45) is 0 Å². The molecule has 2 saturated carbocycles. The number of carbonyl (C=O) groups excluding carboxylic acids is 4. The second-order valence-corrected chi connectivity index (χ2v) is 20.4. The largest absolute Gasteiger partial charge is 0.496 e. The van der Waals surface area contributed by atoms with E-state index in [0.717, 1.165) is 64.2 Å². The predicted molar refractivity (Wildman–Crippen MR) is 260 cm³/mol. The minimum Gasteiger partial charge on any atom is -0.496 e. The molecule has 4 aliphatic rings. The smallest absolute Gasteiger partial charge is 0.270 e. The molecule has 2 fully saturated rings. The third-order valence-corrected chi connectivity index (χ3v) is 13.8. The quantitative estimate of drug-likeness (QED) is 0.142. The summed E-state index contributed by atoms with van der Waals surface area (Å²) < 4.78 is 28.8. The van der Waals surface area contributed by atoms with Crippen molar-refractivity contribution >= 4 is 50.9 Å². The fourth-order valence-electron chi connectivity index (χ4n) is 9.80. The first-order chi connectivity index (χ1) is 30.9. The molecule has 4 amide bonds. The standard InChI is InChI=1S/C26H40N2O5.C25H37BrN2O4/c1-18(2)28(19-12-8-7-9-13-19)24(29)20-16-21-23(17-22(20)32-6)33-26(3,4)25(30)27(21)14-10-11-15-31-5;1-17(2)28(18-11-7-6-8-12-18)23(29)19-15-21-22(16-20(19)26)32-25(3,4)24(30)27(21)13-9-10-14-31-5/h16-19H,7-15H2,1-6H3;15-18H,6-14H2,1-5H3. The van der Waals surface area contributed by atoms with Gasteiger partial charge >= 0.3 is 0 Å². The number of ether oxygens (including phenoxy) is 5. The Bertz CT molecular complexity index is 1960. The van der Waals surface area contributed by atoms with Crippen molar-refractivity contribution in [1.82, 2.24) is 9.80 Å². The van der Waals surface area contributed by atoms with E-state index < -0.39 is 11.2 Å². The first-order valence-corrected chi connectivity index (χ1v) is 24.9. The molecule has 2 aromatic rings. The van der Waals surface area contributed by atoms with Gasteiger partial charge in [0, 0.05) is 75.2 Å². The summed E-state index contributed by atoms with van der Waals surface area (Å²) in [4.78, 5) is 61.6. The second-order valence-electron chi connectivity index (χ2n) is 19.6. The third-order valence-electron chi connectivity index (χ3n) is 13.1. The number of halogens is 1. The first-order valence-electron chi connectivity index (χ1n) is 24.1. The van der Waals surface area contributed by atoms with Crippen LogP contribution in [-0.4, -0.2) is 116 Å². The molecule has 2 heterocycles. The lowest BCUT2D eigenvalue weighted by molar-refractivity contribution is -0.133. The highest BCUT2D eigenvalue weighted by Crippen LogP contribution is 2.44. The van der Waals surface area contributed by atoms with Crippen LogP contribution in [0.4, 0.5) is 11.4 Å². The van der Waals surface area contributed by atoms with E-state index in [1.165, 1.54) is 25.7 Å². The number of fused-ring (bicyclic) bond motifs is 2. The number of benzene rings is 2. The monoisotopic (exact) mass is 968 g/mol. The van der Waals surface area contributed by atoms with E-state index in [0.29, 0.717) is 70.5 Å². The summed E-state index contributed by atoms with van der Waals surface area (Å²) in [6.45, 7) is 17.8. The lowest BCUT2D eigenvalue weighted by Gasteiger charge is -2.40. The lowest BCUT2D eigenvalue weighted by Crippen LogP contribution is -2.53. The fourth-order valence-corrected chi connectivity index (χ4v) is 10.3. The second kappa shape index (κ2) is 23.2. The topological polar surface area (TPSA) is 127 Å². The molecule has 0 spiro atoms. The number of unbranched alkanes of at least 4 members (excludes halogenated alkanes) is 2. The van der Waals surface area contributed by atoms with Gasteiger partial charge in [-0.3, -0.25) is 19.2 Å². The van der Waals surface area contributed by atoms with Crippen LogP contribution in [0.3, 0.4) is 0 Å². The molecule has 0 aromatic heterocycles. The van der Waals surface area contributed by atoms with Crippen molar-refractivity contribution in [3.8, 4) is 17.2 Å². The number of hydrogen-bond acceptors (Lipinski definition) is 9. The van der Waals surface area contributed by atoms with Crippen molar-refractivity contribution in [2.45, 2.75) is 181 Å². The molecule has 2 aliphatic carbocycles. The van der Waals surface area contributed by atoms with Gasteiger partial charge < -0.3 is 43.3 Å². The maximum absolute atomic E-state index is 13.9. The minimum absolute atomic E-state index is 0.0122. The SMILES string of the molecule is COCCCCN1C(=O)C(C)(C)Oc2cc(Br)c(C(=O)N(C(C)C)C3CCCCC3)cc21.COCCCCN1C(=O)C(C)(C)Oc2cc(OC)c(C(=O)N(C(C)C)C3CCCCC3)cc21. The van der Waals surface area contributed by atoms with Crippen molar-refractivity contribution in [2.75, 3.05) is 57.4 Å². The first kappa shape index (κ1) is 52.1. The molecule has 0 saturated heterocycles. The summed E-state index contributed by atoms with van der Waals surface area (Å²) in [7, 11) is 4.93. The van der Waals surface area contributed by atoms with Gasteiger partial charge in [-0.15, -0.1) is 0 Å². The summed E-state index contributed by atoms with van der Waals surface area (Å²) >= 11 is 3.62. The molecule has 0 unspecified atom stereocenters. The van der Waals surface area contributed by atoms with Crippen LogP contribution in [-0.2, 0) is 19.1 Å². The van der Waals surface area contributed by atoms with E-state index in [9.17, 15) is 19.2 Å². The molecule has 13 nitrogen and oxygen atoms in total. The Morgan fingerprint density at radius 2 is 1.05 bits per heavy atom. The summed E-state index contributed by atoms with van der Waals surface area (Å²) in [5.41, 5.74) is 0.427. The van der Waals surface area contributed by atoms with Crippen LogP contribution in [0.2, 0.25) is 0 Å². The van der Waals surface area contributed by atoms with E-state index >= 15 is 0 Å². The Balaban J connectivity index is 0.000000244. The maximum atomic E-state index is 13.9. The fraction of sp³-hybridized carbons (Fsp3) is 0.686. The van der Waals surface area contributed by atoms with Gasteiger partial charge in [0.25, 0.3) is 23.6 Å². The highest BCUT2D eigenvalue weighted by molar-refractivity contribution is 9.10. The molecular weight excluding hydrogens is 892 g/mol. The predicted octanol–water partition coefficient (Wildman–Crippen LogP) is 10.4. The van der Waals surface area contributed by atoms with E-state index in [-0.39, 0.29) is 47.8 Å². The Kier molecular flexibility index (Phi) is 18.6. The Morgan fingerprint density at radius 3 is 1.45 bits per heavy atom. The third kappa shape index (κ3) is 12.4. The van der Waals surface area contributed by atoms with Gasteiger partial charge in [0.15, 0.2) is 11.2 Å². The van der Waals surface area contributed by atoms with Gasteiger partial charge in [-0.1, -0.05) is 38.5 Å². The zero-order chi connectivity index (χ0) is 47.6. The number of carbonyl (C=O) groups is 4. The van der Waals surface area contributed by atoms with Gasteiger partial charge in [-0.05, 0) is 141 Å². The zero-order valence-electron chi connectivity index (χ0n) is 41.2. The van der Waals surface area contributed by atoms with Crippen LogP contribution in [0.1, 0.15) is 166 Å². The van der Waals surface area contributed by atoms with Crippen LogP contribution < -0.4 is 24.0 Å². The zero-order valence-corrected chi connectivity index (χ0v) is 42.8. The molecular formula is C51H77BrN4O9. The molecule has 0 radical (unpaired) electrons. The molecule has 0 bridgehead atoms. The molecule has 2 aliphatic heterocycles. The van der Waals surface area contributed by atoms with E-state index in [1.54, 1.807) is 71.0 Å². The van der Waals surface area contributed by atoms with E-state index in [4.69, 9.17) is 23.7 Å². The number of amides is 4. The van der Waals surface area contributed by atoms with Gasteiger partial charge in [0.2, 0.25) is 0 Å². The molecule has 362 valence electrons. The number of rotatable bonds is 17. The Hall–Kier alpha value is -3.88. The van der Waals surface area contributed by atoms with Crippen molar-refractivity contribution in [3.63, 3.8) is 0 Å². The van der Waals surface area contributed by atoms with Crippen LogP contribution in [0.15, 0.2) is 28.7 Å². The van der Waals surface area contributed by atoms with E-state index in [2.05, 4.69) is 43.6 Å². The molecule has 14 heteroatoms.